The molecule has 2 heterocycles. The van der Waals surface area contributed by atoms with E-state index in [4.69, 9.17) is 14.2 Å². The first-order valence-electron chi connectivity index (χ1n) is 6.66. The SMILES string of the molecule is Brc1ccc2c(c1)CC(CNCC1COCCO1)O2. The van der Waals surface area contributed by atoms with Gasteiger partial charge in [0.15, 0.2) is 0 Å². The summed E-state index contributed by atoms with van der Waals surface area (Å²) in [6, 6.07) is 6.17. The molecule has 2 aliphatic heterocycles. The Labute approximate surface area is 121 Å². The topological polar surface area (TPSA) is 39.7 Å². The van der Waals surface area contributed by atoms with Crippen molar-refractivity contribution in [1.29, 1.82) is 0 Å². The summed E-state index contributed by atoms with van der Waals surface area (Å²) in [5.41, 5.74) is 1.28. The first kappa shape index (κ1) is 13.4. The van der Waals surface area contributed by atoms with Crippen LogP contribution in [0.25, 0.3) is 0 Å². The standard InChI is InChI=1S/C14H18BrNO3/c15-11-1-2-14-10(5-11)6-12(19-14)7-16-8-13-9-17-3-4-18-13/h1-2,5,12-13,16H,3-4,6-9H2. The quantitative estimate of drug-likeness (QED) is 0.914. The summed E-state index contributed by atoms with van der Waals surface area (Å²) >= 11 is 3.49. The summed E-state index contributed by atoms with van der Waals surface area (Å²) < 4.78 is 18.0. The molecule has 1 fully saturated rings. The molecule has 0 spiro atoms. The number of ether oxygens (including phenoxy) is 3. The zero-order valence-electron chi connectivity index (χ0n) is 10.7. The Balaban J connectivity index is 1.43. The van der Waals surface area contributed by atoms with Gasteiger partial charge in [-0.25, -0.2) is 0 Å². The van der Waals surface area contributed by atoms with Crippen LogP contribution in [0, 0.1) is 0 Å². The second-order valence-corrected chi connectivity index (χ2v) is 5.84. The average Bonchev–Trinajstić information content (AvgIpc) is 2.82. The fourth-order valence-corrected chi connectivity index (χ4v) is 2.87. The van der Waals surface area contributed by atoms with E-state index in [1.165, 1.54) is 5.56 Å². The normalized spacial score (nSPS) is 25.9. The second kappa shape index (κ2) is 6.22. The van der Waals surface area contributed by atoms with Crippen molar-refractivity contribution in [2.75, 3.05) is 32.9 Å². The minimum Gasteiger partial charge on any atom is -0.488 e. The van der Waals surface area contributed by atoms with E-state index >= 15 is 0 Å². The molecule has 0 bridgehead atoms. The molecule has 1 N–H and O–H groups in total. The van der Waals surface area contributed by atoms with Crippen LogP contribution in [0.2, 0.25) is 0 Å². The van der Waals surface area contributed by atoms with Crippen molar-refractivity contribution in [3.05, 3.63) is 28.2 Å². The van der Waals surface area contributed by atoms with Crippen molar-refractivity contribution in [1.82, 2.24) is 5.32 Å². The van der Waals surface area contributed by atoms with E-state index in [-0.39, 0.29) is 12.2 Å². The molecule has 0 aromatic heterocycles. The zero-order chi connectivity index (χ0) is 13.1. The molecule has 2 unspecified atom stereocenters. The molecular formula is C14H18BrNO3. The molecule has 1 aromatic rings. The van der Waals surface area contributed by atoms with Gasteiger partial charge in [0.2, 0.25) is 0 Å². The number of hydrogen-bond donors (Lipinski definition) is 1. The fraction of sp³-hybridized carbons (Fsp3) is 0.571. The molecule has 1 saturated heterocycles. The first-order chi connectivity index (χ1) is 9.31. The van der Waals surface area contributed by atoms with E-state index in [0.717, 1.165) is 29.7 Å². The number of hydrogen-bond acceptors (Lipinski definition) is 4. The lowest BCUT2D eigenvalue weighted by Gasteiger charge is -2.23. The second-order valence-electron chi connectivity index (χ2n) is 4.92. The van der Waals surface area contributed by atoms with Crippen LogP contribution in [0.15, 0.2) is 22.7 Å². The molecule has 0 amide bonds. The van der Waals surface area contributed by atoms with Gasteiger partial charge in [0, 0.05) is 24.0 Å². The van der Waals surface area contributed by atoms with Crippen molar-refractivity contribution >= 4 is 15.9 Å². The van der Waals surface area contributed by atoms with E-state index in [1.807, 2.05) is 12.1 Å². The van der Waals surface area contributed by atoms with Crippen LogP contribution in [-0.2, 0) is 15.9 Å². The van der Waals surface area contributed by atoms with Gasteiger partial charge in [-0.05, 0) is 23.8 Å². The Morgan fingerprint density at radius 3 is 2.95 bits per heavy atom. The van der Waals surface area contributed by atoms with Gasteiger partial charge in [0.25, 0.3) is 0 Å². The molecule has 2 aliphatic rings. The number of rotatable bonds is 4. The fourth-order valence-electron chi connectivity index (χ4n) is 2.46. The molecule has 3 rings (SSSR count). The molecule has 4 nitrogen and oxygen atoms in total. The Morgan fingerprint density at radius 2 is 2.11 bits per heavy atom. The van der Waals surface area contributed by atoms with E-state index < -0.39 is 0 Å². The first-order valence-corrected chi connectivity index (χ1v) is 7.46. The third-order valence-electron chi connectivity index (χ3n) is 3.39. The summed E-state index contributed by atoms with van der Waals surface area (Å²) in [6.07, 6.45) is 1.35. The number of benzene rings is 1. The molecular weight excluding hydrogens is 310 g/mol. The third-order valence-corrected chi connectivity index (χ3v) is 3.89. The highest BCUT2D eigenvalue weighted by Crippen LogP contribution is 2.30. The highest BCUT2D eigenvalue weighted by Gasteiger charge is 2.23. The maximum atomic E-state index is 5.90. The number of nitrogens with one attached hydrogen (secondary N) is 1. The zero-order valence-corrected chi connectivity index (χ0v) is 12.3. The maximum absolute atomic E-state index is 5.90. The summed E-state index contributed by atoms with van der Waals surface area (Å²) in [6.45, 7) is 3.76. The van der Waals surface area contributed by atoms with Gasteiger partial charge in [-0.2, -0.15) is 0 Å². The summed E-state index contributed by atoms with van der Waals surface area (Å²) in [5.74, 6) is 1.01. The Kier molecular flexibility index (Phi) is 4.38. The van der Waals surface area contributed by atoms with Crippen LogP contribution in [-0.4, -0.2) is 45.1 Å². The Morgan fingerprint density at radius 1 is 1.21 bits per heavy atom. The summed E-state index contributed by atoms with van der Waals surface area (Å²) in [4.78, 5) is 0. The summed E-state index contributed by atoms with van der Waals surface area (Å²) in [5, 5.41) is 3.40. The lowest BCUT2D eigenvalue weighted by atomic mass is 10.1. The van der Waals surface area contributed by atoms with Gasteiger partial charge >= 0.3 is 0 Å². The van der Waals surface area contributed by atoms with Crippen molar-refractivity contribution < 1.29 is 14.2 Å². The smallest absolute Gasteiger partial charge is 0.123 e. The van der Waals surface area contributed by atoms with E-state index in [2.05, 4.69) is 27.3 Å². The Bertz CT molecular complexity index is 435. The maximum Gasteiger partial charge on any atom is 0.123 e. The Hall–Kier alpha value is -0.620. The van der Waals surface area contributed by atoms with Gasteiger partial charge in [-0.15, -0.1) is 0 Å². The highest BCUT2D eigenvalue weighted by molar-refractivity contribution is 9.10. The van der Waals surface area contributed by atoms with Crippen LogP contribution in [0.4, 0.5) is 0 Å². The molecule has 0 radical (unpaired) electrons. The molecule has 0 aliphatic carbocycles. The van der Waals surface area contributed by atoms with Crippen LogP contribution in [0.1, 0.15) is 5.56 Å². The molecule has 19 heavy (non-hydrogen) atoms. The van der Waals surface area contributed by atoms with Crippen LogP contribution >= 0.6 is 15.9 Å². The van der Waals surface area contributed by atoms with E-state index in [9.17, 15) is 0 Å². The molecule has 2 atom stereocenters. The summed E-state index contributed by atoms with van der Waals surface area (Å²) in [7, 11) is 0. The van der Waals surface area contributed by atoms with Crippen LogP contribution < -0.4 is 10.1 Å². The third kappa shape index (κ3) is 3.48. The van der Waals surface area contributed by atoms with E-state index in [0.29, 0.717) is 19.8 Å². The van der Waals surface area contributed by atoms with Crippen LogP contribution in [0.5, 0.6) is 5.75 Å². The van der Waals surface area contributed by atoms with Gasteiger partial charge in [0.05, 0.1) is 25.9 Å². The molecule has 5 heteroatoms. The van der Waals surface area contributed by atoms with Gasteiger partial charge in [-0.3, -0.25) is 0 Å². The van der Waals surface area contributed by atoms with Gasteiger partial charge in [0.1, 0.15) is 11.9 Å². The predicted octanol–water partition coefficient (Wildman–Crippen LogP) is 1.76. The monoisotopic (exact) mass is 327 g/mol. The van der Waals surface area contributed by atoms with Gasteiger partial charge < -0.3 is 19.5 Å². The van der Waals surface area contributed by atoms with Crippen molar-refractivity contribution in [3.8, 4) is 5.75 Å². The van der Waals surface area contributed by atoms with Crippen LogP contribution in [0.3, 0.4) is 0 Å². The number of fused-ring (bicyclic) bond motifs is 1. The lowest BCUT2D eigenvalue weighted by Crippen LogP contribution is -2.40. The lowest BCUT2D eigenvalue weighted by molar-refractivity contribution is -0.0866. The number of halogens is 1. The van der Waals surface area contributed by atoms with Crippen molar-refractivity contribution in [2.45, 2.75) is 18.6 Å². The minimum absolute atomic E-state index is 0.173. The van der Waals surface area contributed by atoms with Crippen molar-refractivity contribution in [3.63, 3.8) is 0 Å². The van der Waals surface area contributed by atoms with Crippen molar-refractivity contribution in [2.24, 2.45) is 0 Å². The van der Waals surface area contributed by atoms with E-state index in [1.54, 1.807) is 0 Å². The molecule has 104 valence electrons. The van der Waals surface area contributed by atoms with Gasteiger partial charge in [-0.1, -0.05) is 15.9 Å². The molecule has 0 saturated carbocycles. The largest absolute Gasteiger partial charge is 0.488 e. The predicted molar refractivity (Wildman–Crippen MR) is 75.7 cm³/mol. The minimum atomic E-state index is 0.173. The highest BCUT2D eigenvalue weighted by atomic mass is 79.9. The average molecular weight is 328 g/mol. The molecule has 1 aromatic carbocycles.